The van der Waals surface area contributed by atoms with Crippen molar-refractivity contribution in [2.24, 2.45) is 0 Å². The first-order chi connectivity index (χ1) is 11.6. The fourth-order valence-corrected chi connectivity index (χ4v) is 4.39. The maximum atomic E-state index is 12.1. The molecule has 2 heterocycles. The van der Waals surface area contributed by atoms with Crippen LogP contribution in [0.5, 0.6) is 0 Å². The van der Waals surface area contributed by atoms with Crippen molar-refractivity contribution < 1.29 is 4.79 Å². The highest BCUT2D eigenvalue weighted by atomic mass is 32.2. The van der Waals surface area contributed by atoms with Crippen LogP contribution in [0.3, 0.4) is 0 Å². The Morgan fingerprint density at radius 1 is 1.08 bits per heavy atom. The van der Waals surface area contributed by atoms with Crippen molar-refractivity contribution in [1.29, 1.82) is 0 Å². The Balaban J connectivity index is 1.52. The van der Waals surface area contributed by atoms with Gasteiger partial charge in [-0.2, -0.15) is 0 Å². The molecule has 124 valence electrons. The number of nitrogens with zero attached hydrogens (tertiary/aromatic N) is 4. The van der Waals surface area contributed by atoms with E-state index in [1.165, 1.54) is 16.9 Å². The molecule has 0 saturated heterocycles. The van der Waals surface area contributed by atoms with Crippen LogP contribution in [-0.2, 0) is 12.3 Å². The van der Waals surface area contributed by atoms with Crippen molar-refractivity contribution >= 4 is 40.3 Å². The van der Waals surface area contributed by atoms with E-state index in [9.17, 15) is 4.79 Å². The summed E-state index contributed by atoms with van der Waals surface area (Å²) in [6.45, 7) is 4.43. The number of hydrogen-bond donors (Lipinski definition) is 1. The van der Waals surface area contributed by atoms with Gasteiger partial charge in [0, 0.05) is 6.54 Å². The van der Waals surface area contributed by atoms with Gasteiger partial charge in [0.05, 0.1) is 5.75 Å². The van der Waals surface area contributed by atoms with Crippen LogP contribution in [0.25, 0.3) is 0 Å². The lowest BCUT2D eigenvalue weighted by atomic mass is 10.1. The zero-order chi connectivity index (χ0) is 16.9. The van der Waals surface area contributed by atoms with Crippen LogP contribution in [0.1, 0.15) is 30.9 Å². The van der Waals surface area contributed by atoms with Crippen LogP contribution in [0.4, 0.5) is 0 Å². The third kappa shape index (κ3) is 4.59. The Kier molecular flexibility index (Phi) is 5.54. The van der Waals surface area contributed by atoms with Crippen molar-refractivity contribution in [2.75, 3.05) is 0 Å². The number of carbonyl (C=O) groups excluding carboxylic acids is 1. The first-order valence-electron chi connectivity index (χ1n) is 7.19. The smallest absolute Gasteiger partial charge is 0.282 e. The second-order valence-corrected chi connectivity index (χ2v) is 8.51. The highest BCUT2D eigenvalue weighted by Gasteiger charge is 2.13. The number of thioether (sulfide) groups is 1. The van der Waals surface area contributed by atoms with Gasteiger partial charge in [0.25, 0.3) is 5.91 Å². The molecule has 9 heteroatoms. The fraction of sp³-hybridized carbons (Fsp3) is 0.267. The first-order valence-corrected chi connectivity index (χ1v) is 9.81. The van der Waals surface area contributed by atoms with Crippen LogP contribution >= 0.6 is 34.4 Å². The standard InChI is InChI=1S/C15H15N5OS3/c1-9-3-5-11(6-4-9)7-16-13(21)14-19-18-12(24-14)8-22-15-20-17-10(2)23-15/h3-6H,7-8H2,1-2H3,(H,16,21). The molecule has 0 fully saturated rings. The van der Waals surface area contributed by atoms with Gasteiger partial charge in [-0.25, -0.2) is 0 Å². The number of benzene rings is 1. The average Bonchev–Trinajstić information content (AvgIpc) is 3.21. The number of carbonyl (C=O) groups is 1. The molecule has 0 saturated carbocycles. The molecule has 0 radical (unpaired) electrons. The quantitative estimate of drug-likeness (QED) is 0.664. The molecular formula is C15H15N5OS3. The molecule has 0 aliphatic carbocycles. The molecule has 3 rings (SSSR count). The maximum absolute atomic E-state index is 12.1. The van der Waals surface area contributed by atoms with E-state index in [0.29, 0.717) is 17.3 Å². The molecule has 1 aromatic carbocycles. The Bertz CT molecular complexity index is 828. The fourth-order valence-electron chi connectivity index (χ4n) is 1.83. The van der Waals surface area contributed by atoms with Gasteiger partial charge in [-0.1, -0.05) is 64.3 Å². The maximum Gasteiger partial charge on any atom is 0.282 e. The van der Waals surface area contributed by atoms with Gasteiger partial charge in [0.2, 0.25) is 5.01 Å². The Hall–Kier alpha value is -1.84. The molecule has 0 aliphatic heterocycles. The molecule has 1 amide bonds. The van der Waals surface area contributed by atoms with Crippen LogP contribution in [0.2, 0.25) is 0 Å². The lowest BCUT2D eigenvalue weighted by Gasteiger charge is -2.03. The van der Waals surface area contributed by atoms with Crippen molar-refractivity contribution in [3.8, 4) is 0 Å². The second kappa shape index (κ2) is 7.82. The van der Waals surface area contributed by atoms with Gasteiger partial charge >= 0.3 is 0 Å². The third-order valence-electron chi connectivity index (χ3n) is 3.06. The highest BCUT2D eigenvalue weighted by Crippen LogP contribution is 2.26. The summed E-state index contributed by atoms with van der Waals surface area (Å²) in [5, 5.41) is 21.0. The molecule has 3 aromatic rings. The molecular weight excluding hydrogens is 362 g/mol. The molecule has 0 aliphatic rings. The summed E-state index contributed by atoms with van der Waals surface area (Å²) >= 11 is 4.40. The summed E-state index contributed by atoms with van der Waals surface area (Å²) in [6.07, 6.45) is 0. The number of amides is 1. The average molecular weight is 378 g/mol. The second-order valence-electron chi connectivity index (χ2n) is 5.04. The zero-order valence-electron chi connectivity index (χ0n) is 13.1. The summed E-state index contributed by atoms with van der Waals surface area (Å²) in [7, 11) is 0. The lowest BCUT2D eigenvalue weighted by Crippen LogP contribution is -2.22. The predicted molar refractivity (Wildman–Crippen MR) is 96.5 cm³/mol. The molecule has 0 unspecified atom stereocenters. The number of rotatable bonds is 6. The Labute approximate surface area is 151 Å². The normalized spacial score (nSPS) is 10.8. The van der Waals surface area contributed by atoms with E-state index >= 15 is 0 Å². The van der Waals surface area contributed by atoms with E-state index < -0.39 is 0 Å². The van der Waals surface area contributed by atoms with Crippen molar-refractivity contribution in [1.82, 2.24) is 25.7 Å². The van der Waals surface area contributed by atoms with Gasteiger partial charge in [-0.3, -0.25) is 4.79 Å². The summed E-state index contributed by atoms with van der Waals surface area (Å²) < 4.78 is 0.896. The van der Waals surface area contributed by atoms with Gasteiger partial charge in [-0.05, 0) is 19.4 Å². The van der Waals surface area contributed by atoms with Crippen LogP contribution < -0.4 is 5.32 Å². The van der Waals surface area contributed by atoms with Crippen LogP contribution in [0.15, 0.2) is 28.6 Å². The minimum absolute atomic E-state index is 0.198. The molecule has 0 bridgehead atoms. The highest BCUT2D eigenvalue weighted by molar-refractivity contribution is 8.00. The molecule has 2 aromatic heterocycles. The van der Waals surface area contributed by atoms with Crippen molar-refractivity contribution in [3.63, 3.8) is 0 Å². The minimum atomic E-state index is -0.198. The van der Waals surface area contributed by atoms with E-state index in [0.717, 1.165) is 19.9 Å². The van der Waals surface area contributed by atoms with Crippen LogP contribution in [0, 0.1) is 13.8 Å². The number of hydrogen-bond acceptors (Lipinski definition) is 8. The summed E-state index contributed by atoms with van der Waals surface area (Å²) in [5.74, 6) is 0.438. The first kappa shape index (κ1) is 17.0. The number of aromatic nitrogens is 4. The molecule has 1 N–H and O–H groups in total. The van der Waals surface area contributed by atoms with Gasteiger partial charge in [0.15, 0.2) is 4.34 Å². The SMILES string of the molecule is Cc1ccc(CNC(=O)c2nnc(CSc3nnc(C)s3)s2)cc1. The largest absolute Gasteiger partial charge is 0.346 e. The topological polar surface area (TPSA) is 80.7 Å². The predicted octanol–water partition coefficient (Wildman–Crippen LogP) is 3.23. The van der Waals surface area contributed by atoms with Crippen LogP contribution in [-0.4, -0.2) is 26.3 Å². The van der Waals surface area contributed by atoms with E-state index in [1.807, 2.05) is 38.1 Å². The van der Waals surface area contributed by atoms with Crippen molar-refractivity contribution in [2.45, 2.75) is 30.5 Å². The third-order valence-corrected chi connectivity index (χ3v) is 6.15. The monoisotopic (exact) mass is 377 g/mol. The Morgan fingerprint density at radius 2 is 1.88 bits per heavy atom. The number of nitrogens with one attached hydrogen (secondary N) is 1. The summed E-state index contributed by atoms with van der Waals surface area (Å²) in [4.78, 5) is 12.1. The zero-order valence-corrected chi connectivity index (χ0v) is 15.6. The molecule has 24 heavy (non-hydrogen) atoms. The Morgan fingerprint density at radius 3 is 2.58 bits per heavy atom. The summed E-state index contributed by atoms with van der Waals surface area (Å²) in [6, 6.07) is 8.05. The van der Waals surface area contributed by atoms with Gasteiger partial charge in [0.1, 0.15) is 10.0 Å². The van der Waals surface area contributed by atoms with E-state index in [1.54, 1.807) is 23.1 Å². The van der Waals surface area contributed by atoms with Gasteiger partial charge < -0.3 is 5.32 Å². The van der Waals surface area contributed by atoms with Gasteiger partial charge in [-0.15, -0.1) is 20.4 Å². The van der Waals surface area contributed by atoms with E-state index in [4.69, 9.17) is 0 Å². The summed E-state index contributed by atoms with van der Waals surface area (Å²) in [5.41, 5.74) is 2.25. The molecule has 0 atom stereocenters. The molecule has 6 nitrogen and oxygen atoms in total. The minimum Gasteiger partial charge on any atom is -0.346 e. The lowest BCUT2D eigenvalue weighted by molar-refractivity contribution is 0.0950. The molecule has 0 spiro atoms. The van der Waals surface area contributed by atoms with Crippen molar-refractivity contribution in [3.05, 3.63) is 50.4 Å². The van der Waals surface area contributed by atoms with E-state index in [-0.39, 0.29) is 5.91 Å². The number of aryl methyl sites for hydroxylation is 2. The van der Waals surface area contributed by atoms with E-state index in [2.05, 4.69) is 25.7 Å².